The Morgan fingerprint density at radius 2 is 1.88 bits per heavy atom. The Hall–Kier alpha value is -1.95. The van der Waals surface area contributed by atoms with Crippen molar-refractivity contribution in [2.45, 2.75) is 27.7 Å². The van der Waals surface area contributed by atoms with E-state index in [2.05, 4.69) is 20.5 Å². The lowest BCUT2D eigenvalue weighted by molar-refractivity contribution is 0.798. The van der Waals surface area contributed by atoms with Crippen LogP contribution in [0.2, 0.25) is 0 Å². The highest BCUT2D eigenvalue weighted by molar-refractivity contribution is 5.37. The Morgan fingerprint density at radius 3 is 2.41 bits per heavy atom. The molecule has 0 aliphatic rings. The van der Waals surface area contributed by atoms with Crippen LogP contribution in [0.15, 0.2) is 6.07 Å². The normalized spacial score (nSPS) is 10.6. The number of nitrogens with two attached hydrogens (primary N) is 1. The molecule has 0 fully saturated rings. The molecule has 2 aromatic rings. The van der Waals surface area contributed by atoms with Crippen LogP contribution in [0, 0.1) is 27.7 Å². The second kappa shape index (κ2) is 4.14. The number of rotatable bonds is 2. The molecular formula is C11H16N6. The van der Waals surface area contributed by atoms with Crippen molar-refractivity contribution in [3.8, 4) is 5.82 Å². The highest BCUT2D eigenvalue weighted by Crippen LogP contribution is 2.16. The molecule has 0 aliphatic carbocycles. The van der Waals surface area contributed by atoms with Crippen LogP contribution in [0.25, 0.3) is 5.82 Å². The number of hydrogen-bond acceptors (Lipinski definition) is 5. The van der Waals surface area contributed by atoms with E-state index in [1.807, 2.05) is 33.8 Å². The van der Waals surface area contributed by atoms with Gasteiger partial charge in [0.05, 0.1) is 5.69 Å². The number of nitrogen functional groups attached to an aromatic ring is 1. The average Bonchev–Trinajstić information content (AvgIpc) is 2.56. The van der Waals surface area contributed by atoms with Gasteiger partial charge in [-0.15, -0.1) is 0 Å². The van der Waals surface area contributed by atoms with E-state index in [1.54, 1.807) is 4.68 Å². The smallest absolute Gasteiger partial charge is 0.239 e. The number of aromatic nitrogens is 4. The van der Waals surface area contributed by atoms with Crippen LogP contribution in [0.4, 0.5) is 5.95 Å². The molecule has 0 spiro atoms. The van der Waals surface area contributed by atoms with E-state index in [0.29, 0.717) is 5.95 Å². The maximum Gasteiger partial charge on any atom is 0.239 e. The van der Waals surface area contributed by atoms with Gasteiger partial charge in [0.25, 0.3) is 0 Å². The fourth-order valence-electron chi connectivity index (χ4n) is 1.67. The van der Waals surface area contributed by atoms with E-state index in [-0.39, 0.29) is 0 Å². The number of nitrogens with zero attached hydrogens (tertiary/aromatic N) is 4. The van der Waals surface area contributed by atoms with E-state index in [0.717, 1.165) is 22.9 Å². The first-order chi connectivity index (χ1) is 8.02. The van der Waals surface area contributed by atoms with Gasteiger partial charge in [-0.2, -0.15) is 10.1 Å². The molecule has 0 saturated carbocycles. The lowest BCUT2D eigenvalue weighted by Gasteiger charge is -2.06. The first-order valence-corrected chi connectivity index (χ1v) is 5.38. The molecule has 2 aromatic heterocycles. The van der Waals surface area contributed by atoms with E-state index in [1.165, 1.54) is 5.56 Å². The van der Waals surface area contributed by atoms with Gasteiger partial charge in [0, 0.05) is 17.5 Å². The summed E-state index contributed by atoms with van der Waals surface area (Å²) >= 11 is 0. The summed E-state index contributed by atoms with van der Waals surface area (Å²) < 4.78 is 1.81. The second-order valence-electron chi connectivity index (χ2n) is 4.04. The predicted octanol–water partition coefficient (Wildman–Crippen LogP) is 1.18. The summed E-state index contributed by atoms with van der Waals surface area (Å²) in [6.07, 6.45) is 0. The molecular weight excluding hydrogens is 216 g/mol. The zero-order valence-corrected chi connectivity index (χ0v) is 10.4. The topological polar surface area (TPSA) is 81.7 Å². The summed E-state index contributed by atoms with van der Waals surface area (Å²) in [6, 6.07) is 1.87. The van der Waals surface area contributed by atoms with Gasteiger partial charge in [0.15, 0.2) is 5.82 Å². The largest absolute Gasteiger partial charge is 0.292 e. The molecule has 0 aromatic carbocycles. The van der Waals surface area contributed by atoms with Crippen molar-refractivity contribution in [3.05, 3.63) is 28.7 Å². The predicted molar refractivity (Wildman–Crippen MR) is 65.9 cm³/mol. The van der Waals surface area contributed by atoms with Crippen LogP contribution in [0.1, 0.15) is 22.6 Å². The Bertz CT molecular complexity index is 557. The molecule has 0 saturated heterocycles. The summed E-state index contributed by atoms with van der Waals surface area (Å²) in [5.74, 6) is 6.45. The Balaban J connectivity index is 2.59. The molecule has 0 atom stereocenters. The molecule has 0 radical (unpaired) electrons. The summed E-state index contributed by atoms with van der Waals surface area (Å²) in [4.78, 5) is 8.44. The Labute approximate surface area is 99.9 Å². The van der Waals surface area contributed by atoms with Gasteiger partial charge in [0.1, 0.15) is 0 Å². The van der Waals surface area contributed by atoms with Gasteiger partial charge in [-0.05, 0) is 33.3 Å². The molecule has 2 rings (SSSR count). The lowest BCUT2D eigenvalue weighted by Crippen LogP contribution is -2.13. The van der Waals surface area contributed by atoms with Crippen molar-refractivity contribution in [1.82, 2.24) is 19.7 Å². The van der Waals surface area contributed by atoms with Crippen molar-refractivity contribution in [2.24, 2.45) is 5.84 Å². The maximum atomic E-state index is 5.33. The number of nitrogens with one attached hydrogen (secondary N) is 1. The zero-order valence-electron chi connectivity index (χ0n) is 10.4. The quantitative estimate of drug-likeness (QED) is 0.600. The number of anilines is 1. The SMILES string of the molecule is Cc1cc(-n2nc(C)c(C)c2C)nc(NN)n1. The van der Waals surface area contributed by atoms with Gasteiger partial charge in [-0.1, -0.05) is 0 Å². The molecule has 6 heteroatoms. The van der Waals surface area contributed by atoms with Crippen LogP contribution >= 0.6 is 0 Å². The number of hydrazine groups is 1. The van der Waals surface area contributed by atoms with E-state index < -0.39 is 0 Å². The van der Waals surface area contributed by atoms with Crippen molar-refractivity contribution in [1.29, 1.82) is 0 Å². The minimum atomic E-state index is 0.394. The van der Waals surface area contributed by atoms with Crippen molar-refractivity contribution < 1.29 is 0 Å². The van der Waals surface area contributed by atoms with Gasteiger partial charge in [-0.25, -0.2) is 15.5 Å². The third-order valence-electron chi connectivity index (χ3n) is 2.84. The third-order valence-corrected chi connectivity index (χ3v) is 2.84. The lowest BCUT2D eigenvalue weighted by atomic mass is 10.2. The summed E-state index contributed by atoms with van der Waals surface area (Å²) in [7, 11) is 0. The van der Waals surface area contributed by atoms with Gasteiger partial charge in [-0.3, -0.25) is 5.43 Å². The van der Waals surface area contributed by atoms with Crippen LogP contribution in [0.5, 0.6) is 0 Å². The minimum Gasteiger partial charge on any atom is -0.292 e. The van der Waals surface area contributed by atoms with E-state index in [4.69, 9.17) is 5.84 Å². The molecule has 90 valence electrons. The molecule has 2 heterocycles. The molecule has 0 bridgehead atoms. The standard InChI is InChI=1S/C11H16N6/c1-6-5-10(14-11(13-6)15-12)17-9(4)7(2)8(3)16-17/h5H,12H2,1-4H3,(H,13,14,15). The van der Waals surface area contributed by atoms with Crippen LogP contribution < -0.4 is 11.3 Å². The minimum absolute atomic E-state index is 0.394. The molecule has 0 unspecified atom stereocenters. The fraction of sp³-hybridized carbons (Fsp3) is 0.364. The first-order valence-electron chi connectivity index (χ1n) is 5.38. The molecule has 3 N–H and O–H groups in total. The Kier molecular flexibility index (Phi) is 2.81. The number of aryl methyl sites for hydroxylation is 2. The fourth-order valence-corrected chi connectivity index (χ4v) is 1.67. The van der Waals surface area contributed by atoms with E-state index >= 15 is 0 Å². The highest BCUT2D eigenvalue weighted by Gasteiger charge is 2.11. The average molecular weight is 232 g/mol. The van der Waals surface area contributed by atoms with E-state index in [9.17, 15) is 0 Å². The second-order valence-corrected chi connectivity index (χ2v) is 4.04. The van der Waals surface area contributed by atoms with Gasteiger partial charge >= 0.3 is 0 Å². The van der Waals surface area contributed by atoms with Crippen LogP contribution in [0.3, 0.4) is 0 Å². The van der Waals surface area contributed by atoms with Crippen molar-refractivity contribution >= 4 is 5.95 Å². The van der Waals surface area contributed by atoms with Crippen LogP contribution in [-0.2, 0) is 0 Å². The summed E-state index contributed by atoms with van der Waals surface area (Å²) in [5, 5.41) is 4.45. The van der Waals surface area contributed by atoms with Gasteiger partial charge in [0.2, 0.25) is 5.95 Å². The summed E-state index contributed by atoms with van der Waals surface area (Å²) in [5.41, 5.74) is 6.54. The molecule has 6 nitrogen and oxygen atoms in total. The first kappa shape index (κ1) is 11.5. The summed E-state index contributed by atoms with van der Waals surface area (Å²) in [6.45, 7) is 7.94. The molecule has 0 aliphatic heterocycles. The van der Waals surface area contributed by atoms with Gasteiger partial charge < -0.3 is 0 Å². The third kappa shape index (κ3) is 1.99. The van der Waals surface area contributed by atoms with Crippen molar-refractivity contribution in [3.63, 3.8) is 0 Å². The number of hydrogen-bond donors (Lipinski definition) is 2. The highest BCUT2D eigenvalue weighted by atomic mass is 15.4. The van der Waals surface area contributed by atoms with Crippen molar-refractivity contribution in [2.75, 3.05) is 5.43 Å². The maximum absolute atomic E-state index is 5.33. The zero-order chi connectivity index (χ0) is 12.6. The van der Waals surface area contributed by atoms with Crippen LogP contribution in [-0.4, -0.2) is 19.7 Å². The molecule has 0 amide bonds. The monoisotopic (exact) mass is 232 g/mol. The molecule has 17 heavy (non-hydrogen) atoms. The Morgan fingerprint density at radius 1 is 1.18 bits per heavy atom.